The van der Waals surface area contributed by atoms with Gasteiger partial charge in [-0.25, -0.2) is 0 Å². The fourth-order valence-corrected chi connectivity index (χ4v) is 3.31. The number of hydrogen-bond acceptors (Lipinski definition) is 3. The summed E-state index contributed by atoms with van der Waals surface area (Å²) in [4.78, 5) is 0. The first-order chi connectivity index (χ1) is 9.29. The van der Waals surface area contributed by atoms with Gasteiger partial charge in [-0.05, 0) is 36.6 Å². The average Bonchev–Trinajstić information content (AvgIpc) is 3.03. The number of fused-ring (bicyclic) bond motifs is 1. The molecule has 1 fully saturated rings. The van der Waals surface area contributed by atoms with E-state index in [1.54, 1.807) is 0 Å². The van der Waals surface area contributed by atoms with Crippen LogP contribution in [0.4, 0.5) is 0 Å². The van der Waals surface area contributed by atoms with Crippen LogP contribution in [0.5, 0.6) is 0 Å². The maximum absolute atomic E-state index is 5.74. The van der Waals surface area contributed by atoms with Crippen molar-refractivity contribution in [2.24, 2.45) is 5.92 Å². The highest BCUT2D eigenvalue weighted by atomic mass is 16.5. The molecule has 3 unspecified atom stereocenters. The summed E-state index contributed by atoms with van der Waals surface area (Å²) in [7, 11) is 0. The van der Waals surface area contributed by atoms with E-state index in [4.69, 9.17) is 9.47 Å². The Bertz CT molecular complexity index is 446. The van der Waals surface area contributed by atoms with Gasteiger partial charge in [0.05, 0.1) is 19.3 Å². The SMILES string of the molecule is CCNC(c1ccc2c(c1)COC2)C1CCOC1C. The van der Waals surface area contributed by atoms with Crippen LogP contribution in [0.3, 0.4) is 0 Å². The van der Waals surface area contributed by atoms with Crippen molar-refractivity contribution in [1.29, 1.82) is 0 Å². The van der Waals surface area contributed by atoms with E-state index < -0.39 is 0 Å². The minimum Gasteiger partial charge on any atom is -0.378 e. The summed E-state index contributed by atoms with van der Waals surface area (Å²) < 4.78 is 11.3. The first-order valence-corrected chi connectivity index (χ1v) is 7.34. The van der Waals surface area contributed by atoms with Gasteiger partial charge < -0.3 is 14.8 Å². The number of hydrogen-bond donors (Lipinski definition) is 1. The van der Waals surface area contributed by atoms with E-state index in [0.29, 0.717) is 18.1 Å². The zero-order valence-corrected chi connectivity index (χ0v) is 11.8. The largest absolute Gasteiger partial charge is 0.378 e. The van der Waals surface area contributed by atoms with Crippen LogP contribution >= 0.6 is 0 Å². The molecule has 0 saturated carbocycles. The van der Waals surface area contributed by atoms with Gasteiger partial charge in [-0.15, -0.1) is 0 Å². The second kappa shape index (κ2) is 5.61. The summed E-state index contributed by atoms with van der Waals surface area (Å²) in [5.41, 5.74) is 4.08. The molecule has 2 aliphatic rings. The molecule has 19 heavy (non-hydrogen) atoms. The maximum atomic E-state index is 5.74. The summed E-state index contributed by atoms with van der Waals surface area (Å²) in [6.45, 7) is 7.77. The molecule has 1 saturated heterocycles. The minimum atomic E-state index is 0.341. The van der Waals surface area contributed by atoms with Crippen molar-refractivity contribution < 1.29 is 9.47 Å². The number of benzene rings is 1. The zero-order chi connectivity index (χ0) is 13.2. The lowest BCUT2D eigenvalue weighted by Crippen LogP contribution is -2.31. The first-order valence-electron chi connectivity index (χ1n) is 7.34. The van der Waals surface area contributed by atoms with Crippen LogP contribution in [-0.2, 0) is 22.7 Å². The van der Waals surface area contributed by atoms with Crippen molar-refractivity contribution in [3.63, 3.8) is 0 Å². The Hall–Kier alpha value is -0.900. The summed E-state index contributed by atoms with van der Waals surface area (Å²) in [5.74, 6) is 0.570. The molecule has 1 aromatic carbocycles. The molecule has 3 nitrogen and oxygen atoms in total. The molecule has 1 aromatic rings. The number of ether oxygens (including phenoxy) is 2. The van der Waals surface area contributed by atoms with Crippen LogP contribution in [0.1, 0.15) is 43.0 Å². The topological polar surface area (TPSA) is 30.5 Å². The second-order valence-corrected chi connectivity index (χ2v) is 5.58. The van der Waals surface area contributed by atoms with Crippen molar-refractivity contribution in [2.75, 3.05) is 13.2 Å². The fraction of sp³-hybridized carbons (Fsp3) is 0.625. The lowest BCUT2D eigenvalue weighted by Gasteiger charge is -2.27. The molecule has 2 aliphatic heterocycles. The van der Waals surface area contributed by atoms with Gasteiger partial charge in [0, 0.05) is 18.6 Å². The molecular weight excluding hydrogens is 238 g/mol. The molecule has 2 heterocycles. The Morgan fingerprint density at radius 1 is 1.32 bits per heavy atom. The monoisotopic (exact) mass is 261 g/mol. The minimum absolute atomic E-state index is 0.341. The predicted octanol–water partition coefficient (Wildman–Crippen LogP) is 2.79. The van der Waals surface area contributed by atoms with Crippen molar-refractivity contribution in [1.82, 2.24) is 5.32 Å². The van der Waals surface area contributed by atoms with Crippen LogP contribution in [-0.4, -0.2) is 19.3 Å². The highest BCUT2D eigenvalue weighted by Gasteiger charge is 2.32. The summed E-state index contributed by atoms with van der Waals surface area (Å²) in [5, 5.41) is 3.64. The molecule has 0 bridgehead atoms. The quantitative estimate of drug-likeness (QED) is 0.904. The lowest BCUT2D eigenvalue weighted by atomic mass is 9.87. The fourth-order valence-electron chi connectivity index (χ4n) is 3.31. The summed E-state index contributed by atoms with van der Waals surface area (Å²) in [6.07, 6.45) is 1.49. The van der Waals surface area contributed by atoms with E-state index >= 15 is 0 Å². The highest BCUT2D eigenvalue weighted by molar-refractivity contribution is 5.35. The molecular formula is C16H23NO2. The Balaban J connectivity index is 1.87. The smallest absolute Gasteiger partial charge is 0.0725 e. The van der Waals surface area contributed by atoms with E-state index in [9.17, 15) is 0 Å². The molecule has 3 heteroatoms. The third-order valence-corrected chi connectivity index (χ3v) is 4.39. The summed E-state index contributed by atoms with van der Waals surface area (Å²) >= 11 is 0. The zero-order valence-electron chi connectivity index (χ0n) is 11.8. The van der Waals surface area contributed by atoms with Crippen LogP contribution in [0.2, 0.25) is 0 Å². The van der Waals surface area contributed by atoms with Gasteiger partial charge in [0.2, 0.25) is 0 Å². The molecule has 0 amide bonds. The molecule has 1 N–H and O–H groups in total. The number of nitrogens with one attached hydrogen (secondary N) is 1. The van der Waals surface area contributed by atoms with Gasteiger partial charge in [0.1, 0.15) is 0 Å². The van der Waals surface area contributed by atoms with E-state index in [1.807, 2.05) is 0 Å². The molecule has 0 radical (unpaired) electrons. The molecule has 0 aliphatic carbocycles. The number of rotatable bonds is 4. The van der Waals surface area contributed by atoms with E-state index in [2.05, 4.69) is 37.4 Å². The molecule has 0 spiro atoms. The normalized spacial score (nSPS) is 27.5. The molecule has 3 rings (SSSR count). The Labute approximate surface area is 115 Å². The Kier molecular flexibility index (Phi) is 3.87. The van der Waals surface area contributed by atoms with Crippen molar-refractivity contribution in [3.05, 3.63) is 34.9 Å². The van der Waals surface area contributed by atoms with Crippen LogP contribution in [0.15, 0.2) is 18.2 Å². The van der Waals surface area contributed by atoms with Gasteiger partial charge >= 0.3 is 0 Å². The van der Waals surface area contributed by atoms with Gasteiger partial charge in [0.15, 0.2) is 0 Å². The molecule has 3 atom stereocenters. The van der Waals surface area contributed by atoms with E-state index in [0.717, 1.165) is 32.8 Å². The molecule has 0 aromatic heterocycles. The van der Waals surface area contributed by atoms with Gasteiger partial charge in [-0.2, -0.15) is 0 Å². The van der Waals surface area contributed by atoms with Crippen LogP contribution in [0, 0.1) is 5.92 Å². The van der Waals surface area contributed by atoms with Crippen LogP contribution < -0.4 is 5.32 Å². The maximum Gasteiger partial charge on any atom is 0.0725 e. The van der Waals surface area contributed by atoms with Crippen molar-refractivity contribution >= 4 is 0 Å². The van der Waals surface area contributed by atoms with Gasteiger partial charge in [-0.1, -0.05) is 25.1 Å². The third-order valence-electron chi connectivity index (χ3n) is 4.39. The van der Waals surface area contributed by atoms with E-state index in [-0.39, 0.29) is 0 Å². The van der Waals surface area contributed by atoms with Crippen LogP contribution in [0.25, 0.3) is 0 Å². The van der Waals surface area contributed by atoms with Crippen molar-refractivity contribution in [2.45, 2.75) is 45.6 Å². The van der Waals surface area contributed by atoms with Gasteiger partial charge in [-0.3, -0.25) is 0 Å². The third kappa shape index (κ3) is 2.55. The predicted molar refractivity (Wildman–Crippen MR) is 74.9 cm³/mol. The van der Waals surface area contributed by atoms with Crippen molar-refractivity contribution in [3.8, 4) is 0 Å². The first kappa shape index (κ1) is 13.1. The molecule has 104 valence electrons. The second-order valence-electron chi connectivity index (χ2n) is 5.58. The Morgan fingerprint density at radius 3 is 2.89 bits per heavy atom. The van der Waals surface area contributed by atoms with E-state index in [1.165, 1.54) is 16.7 Å². The average molecular weight is 261 g/mol. The Morgan fingerprint density at radius 2 is 2.16 bits per heavy atom. The lowest BCUT2D eigenvalue weighted by molar-refractivity contribution is 0.0955. The highest BCUT2D eigenvalue weighted by Crippen LogP contribution is 2.34. The van der Waals surface area contributed by atoms with Gasteiger partial charge in [0.25, 0.3) is 0 Å². The summed E-state index contributed by atoms with van der Waals surface area (Å²) in [6, 6.07) is 7.20. The standard InChI is InChI=1S/C16H23NO2/c1-3-17-16(15-6-7-19-11(15)2)12-4-5-13-9-18-10-14(13)8-12/h4-5,8,11,15-17H,3,6-7,9-10H2,1-2H3.